The minimum atomic E-state index is -0.508. The lowest BCUT2D eigenvalue weighted by molar-refractivity contribution is -0.116. The van der Waals surface area contributed by atoms with Crippen molar-refractivity contribution < 1.29 is 14.0 Å². The van der Waals surface area contributed by atoms with Gasteiger partial charge in [-0.05, 0) is 68.3 Å². The summed E-state index contributed by atoms with van der Waals surface area (Å²) in [6.45, 7) is 4.81. The van der Waals surface area contributed by atoms with E-state index >= 15 is 0 Å². The Labute approximate surface area is 202 Å². The Kier molecular flexibility index (Phi) is 7.82. The second-order valence-electron chi connectivity index (χ2n) is 8.18. The van der Waals surface area contributed by atoms with Gasteiger partial charge in [0.15, 0.2) is 5.13 Å². The number of hydrogen-bond donors (Lipinski definition) is 1. The number of anilines is 3. The Bertz CT molecular complexity index is 1170. The van der Waals surface area contributed by atoms with Crippen LogP contribution in [0, 0.1) is 5.82 Å². The lowest BCUT2D eigenvalue weighted by Crippen LogP contribution is -2.23. The van der Waals surface area contributed by atoms with E-state index in [0.29, 0.717) is 10.8 Å². The Morgan fingerprint density at radius 2 is 1.88 bits per heavy atom. The lowest BCUT2D eigenvalue weighted by atomic mass is 10.1. The van der Waals surface area contributed by atoms with Crippen molar-refractivity contribution in [1.82, 2.24) is 9.88 Å². The molecule has 3 aromatic rings. The van der Waals surface area contributed by atoms with Gasteiger partial charge in [0.25, 0.3) is 0 Å². The van der Waals surface area contributed by atoms with Crippen LogP contribution < -0.4 is 10.2 Å². The molecule has 1 N–H and O–H groups in total. The third-order valence-electron chi connectivity index (χ3n) is 5.65. The van der Waals surface area contributed by atoms with Gasteiger partial charge in [-0.25, -0.2) is 9.37 Å². The maximum absolute atomic E-state index is 14.2. The quantitative estimate of drug-likeness (QED) is 0.449. The molecule has 0 saturated carbocycles. The molecule has 2 aromatic carbocycles. The van der Waals surface area contributed by atoms with E-state index in [1.165, 1.54) is 72.9 Å². The number of likely N-dealkylation sites (tertiary alicyclic amines) is 1. The minimum Gasteiger partial charge on any atom is -0.323 e. The third kappa shape index (κ3) is 6.15. The smallest absolute Gasteiger partial charge is 0.248 e. The Morgan fingerprint density at radius 3 is 2.59 bits per heavy atom. The topological polar surface area (TPSA) is 65.5 Å². The average molecular weight is 479 g/mol. The molecule has 0 spiro atoms. The van der Waals surface area contributed by atoms with Crippen LogP contribution in [0.25, 0.3) is 6.08 Å². The number of amides is 2. The van der Waals surface area contributed by atoms with Gasteiger partial charge in [0, 0.05) is 30.6 Å². The van der Waals surface area contributed by atoms with Crippen LogP contribution in [0.15, 0.2) is 60.0 Å². The Balaban J connectivity index is 1.34. The van der Waals surface area contributed by atoms with E-state index in [4.69, 9.17) is 0 Å². The molecule has 34 heavy (non-hydrogen) atoms. The summed E-state index contributed by atoms with van der Waals surface area (Å²) in [6.07, 6.45) is 6.55. The first kappa shape index (κ1) is 23.8. The molecule has 176 valence electrons. The van der Waals surface area contributed by atoms with Crippen molar-refractivity contribution in [3.8, 4) is 0 Å². The molecule has 6 nitrogen and oxygen atoms in total. The fourth-order valence-corrected chi connectivity index (χ4v) is 4.74. The molecule has 4 rings (SSSR count). The Hall–Kier alpha value is -3.36. The van der Waals surface area contributed by atoms with Crippen LogP contribution in [0.1, 0.15) is 31.0 Å². The highest BCUT2D eigenvalue weighted by Gasteiger charge is 2.20. The molecule has 0 atom stereocenters. The number of halogens is 1. The van der Waals surface area contributed by atoms with Crippen LogP contribution in [-0.2, 0) is 16.0 Å². The summed E-state index contributed by atoms with van der Waals surface area (Å²) in [5.41, 5.74) is 2.62. The lowest BCUT2D eigenvalue weighted by Gasteiger charge is -2.18. The standard InChI is InChI=1S/C26H27FN4O2S/c1-19(32)31(24-7-3-2-6-23(24)27)26-29-22(18-34-26)12-13-25(33)28-21-10-8-20(9-11-21)14-17-30-15-4-5-16-30/h2-3,6-13,18H,4-5,14-17H2,1H3,(H,28,33)/b13-12+. The number of carbonyl (C=O) groups is 2. The molecule has 0 bridgehead atoms. The number of carbonyl (C=O) groups excluding carboxylic acids is 2. The Morgan fingerprint density at radius 1 is 1.15 bits per heavy atom. The zero-order valence-electron chi connectivity index (χ0n) is 19.0. The summed E-state index contributed by atoms with van der Waals surface area (Å²) >= 11 is 1.20. The van der Waals surface area contributed by atoms with Gasteiger partial charge < -0.3 is 10.2 Å². The molecule has 1 fully saturated rings. The molecule has 0 unspecified atom stereocenters. The fraction of sp³-hybridized carbons (Fsp3) is 0.269. The van der Waals surface area contributed by atoms with Gasteiger partial charge in [-0.15, -0.1) is 11.3 Å². The summed E-state index contributed by atoms with van der Waals surface area (Å²) in [6, 6.07) is 13.9. The predicted molar refractivity (Wildman–Crippen MR) is 135 cm³/mol. The van der Waals surface area contributed by atoms with E-state index in [0.717, 1.165) is 18.7 Å². The van der Waals surface area contributed by atoms with E-state index in [9.17, 15) is 14.0 Å². The molecular weight excluding hydrogens is 451 g/mol. The van der Waals surface area contributed by atoms with E-state index in [-0.39, 0.29) is 17.5 Å². The summed E-state index contributed by atoms with van der Waals surface area (Å²) in [5, 5.41) is 4.89. The first-order chi connectivity index (χ1) is 16.5. The molecule has 1 aromatic heterocycles. The number of thiazole rings is 1. The number of para-hydroxylation sites is 1. The zero-order valence-corrected chi connectivity index (χ0v) is 19.9. The van der Waals surface area contributed by atoms with Crippen molar-refractivity contribution in [2.24, 2.45) is 0 Å². The molecule has 1 saturated heterocycles. The van der Waals surface area contributed by atoms with E-state index in [1.807, 2.05) is 24.3 Å². The minimum absolute atomic E-state index is 0.140. The average Bonchev–Trinajstić information content (AvgIpc) is 3.51. The van der Waals surface area contributed by atoms with Gasteiger partial charge in [-0.3, -0.25) is 14.5 Å². The fourth-order valence-electron chi connectivity index (χ4n) is 3.89. The van der Waals surface area contributed by atoms with E-state index in [1.54, 1.807) is 23.6 Å². The van der Waals surface area contributed by atoms with Crippen molar-refractivity contribution in [3.05, 3.63) is 77.1 Å². The molecular formula is C26H27FN4O2S. The van der Waals surface area contributed by atoms with Crippen molar-refractivity contribution in [1.29, 1.82) is 0 Å². The molecule has 1 aliphatic rings. The van der Waals surface area contributed by atoms with Crippen LogP contribution in [0.3, 0.4) is 0 Å². The number of aromatic nitrogens is 1. The van der Waals surface area contributed by atoms with Crippen LogP contribution in [0.4, 0.5) is 20.9 Å². The zero-order chi connectivity index (χ0) is 23.9. The number of rotatable bonds is 8. The normalized spacial score (nSPS) is 13.9. The SMILES string of the molecule is CC(=O)N(c1nc(/C=C/C(=O)Nc2ccc(CCN3CCCC3)cc2)cs1)c1ccccc1F. The van der Waals surface area contributed by atoms with Crippen LogP contribution in [0.2, 0.25) is 0 Å². The number of nitrogens with one attached hydrogen (secondary N) is 1. The third-order valence-corrected chi connectivity index (χ3v) is 6.50. The highest BCUT2D eigenvalue weighted by molar-refractivity contribution is 7.14. The highest BCUT2D eigenvalue weighted by Crippen LogP contribution is 2.31. The molecule has 0 aliphatic carbocycles. The van der Waals surface area contributed by atoms with Gasteiger partial charge in [-0.1, -0.05) is 24.3 Å². The van der Waals surface area contributed by atoms with Crippen molar-refractivity contribution >= 4 is 45.7 Å². The van der Waals surface area contributed by atoms with Crippen LogP contribution in [0.5, 0.6) is 0 Å². The molecule has 2 heterocycles. The second-order valence-corrected chi connectivity index (χ2v) is 9.02. The summed E-state index contributed by atoms with van der Waals surface area (Å²) in [7, 11) is 0. The van der Waals surface area contributed by atoms with E-state index < -0.39 is 5.82 Å². The molecule has 0 radical (unpaired) electrons. The first-order valence-electron chi connectivity index (χ1n) is 11.3. The molecule has 2 amide bonds. The predicted octanol–water partition coefficient (Wildman–Crippen LogP) is 5.26. The van der Waals surface area contributed by atoms with Gasteiger partial charge in [0.1, 0.15) is 5.82 Å². The van der Waals surface area contributed by atoms with Crippen molar-refractivity contribution in [2.75, 3.05) is 29.9 Å². The summed E-state index contributed by atoms with van der Waals surface area (Å²) in [4.78, 5) is 32.6. The largest absolute Gasteiger partial charge is 0.323 e. The van der Waals surface area contributed by atoms with Gasteiger partial charge in [-0.2, -0.15) is 0 Å². The number of benzene rings is 2. The summed E-state index contributed by atoms with van der Waals surface area (Å²) < 4.78 is 14.2. The van der Waals surface area contributed by atoms with Gasteiger partial charge >= 0.3 is 0 Å². The van der Waals surface area contributed by atoms with E-state index in [2.05, 4.69) is 15.2 Å². The molecule has 1 aliphatic heterocycles. The number of nitrogens with zero attached hydrogens (tertiary/aromatic N) is 3. The van der Waals surface area contributed by atoms with Crippen LogP contribution >= 0.6 is 11.3 Å². The van der Waals surface area contributed by atoms with Gasteiger partial charge in [0.2, 0.25) is 11.8 Å². The number of hydrogen-bond acceptors (Lipinski definition) is 5. The second kappa shape index (κ2) is 11.2. The highest BCUT2D eigenvalue weighted by atomic mass is 32.1. The first-order valence-corrected chi connectivity index (χ1v) is 12.2. The van der Waals surface area contributed by atoms with Crippen LogP contribution in [-0.4, -0.2) is 41.3 Å². The monoisotopic (exact) mass is 478 g/mol. The molecule has 8 heteroatoms. The van der Waals surface area contributed by atoms with Crippen molar-refractivity contribution in [2.45, 2.75) is 26.2 Å². The maximum atomic E-state index is 14.2. The maximum Gasteiger partial charge on any atom is 0.248 e. The summed E-state index contributed by atoms with van der Waals surface area (Å²) in [5.74, 6) is -1.14. The van der Waals surface area contributed by atoms with Gasteiger partial charge in [0.05, 0.1) is 11.4 Å². The van der Waals surface area contributed by atoms with Crippen molar-refractivity contribution in [3.63, 3.8) is 0 Å².